The highest BCUT2D eigenvalue weighted by atomic mass is 16.7. The number of rotatable bonds is 5. The third-order valence-electron chi connectivity index (χ3n) is 2.44. The molecule has 2 heterocycles. The number of aromatic nitrogens is 1. The van der Waals surface area contributed by atoms with Gasteiger partial charge in [-0.05, 0) is 0 Å². The summed E-state index contributed by atoms with van der Waals surface area (Å²) in [5.74, 6) is -0.226. The Morgan fingerprint density at radius 1 is 1.53 bits per heavy atom. The number of fused-ring (bicyclic) bond motifs is 1. The highest BCUT2D eigenvalue weighted by Gasteiger charge is 2.13. The van der Waals surface area contributed by atoms with E-state index >= 15 is 0 Å². The lowest BCUT2D eigenvalue weighted by molar-refractivity contribution is -0.0974. The third-order valence-corrected chi connectivity index (χ3v) is 2.44. The Hall–Kier alpha value is -1.79. The van der Waals surface area contributed by atoms with Gasteiger partial charge in [0.1, 0.15) is 5.69 Å². The van der Waals surface area contributed by atoms with Crippen molar-refractivity contribution in [3.8, 4) is 0 Å². The summed E-state index contributed by atoms with van der Waals surface area (Å²) in [6.45, 7) is 0.284. The zero-order valence-electron chi connectivity index (χ0n) is 9.65. The van der Waals surface area contributed by atoms with E-state index in [-0.39, 0.29) is 12.5 Å². The molecule has 2 aromatic heterocycles. The maximum Gasteiger partial charge on any atom is 0.268 e. The average Bonchev–Trinajstić information content (AvgIpc) is 2.90. The van der Waals surface area contributed by atoms with Gasteiger partial charge in [-0.25, -0.2) is 0 Å². The van der Waals surface area contributed by atoms with Gasteiger partial charge in [-0.1, -0.05) is 0 Å². The summed E-state index contributed by atoms with van der Waals surface area (Å²) in [5, 5.41) is 2.69. The summed E-state index contributed by atoms with van der Waals surface area (Å²) in [4.78, 5) is 14.7. The number of amides is 1. The maximum atomic E-state index is 11.8. The fraction of sp³-hybridized carbons (Fsp3) is 0.364. The second-order valence-corrected chi connectivity index (χ2v) is 3.49. The zero-order chi connectivity index (χ0) is 12.3. The number of H-pyrrole nitrogens is 1. The number of nitrogens with one attached hydrogen (secondary N) is 2. The molecule has 6 heteroatoms. The van der Waals surface area contributed by atoms with E-state index in [1.807, 2.05) is 0 Å². The Morgan fingerprint density at radius 2 is 2.29 bits per heavy atom. The molecule has 0 aliphatic carbocycles. The van der Waals surface area contributed by atoms with Crippen molar-refractivity contribution in [2.24, 2.45) is 0 Å². The van der Waals surface area contributed by atoms with Gasteiger partial charge in [-0.2, -0.15) is 0 Å². The van der Waals surface area contributed by atoms with Gasteiger partial charge in [0.15, 0.2) is 11.9 Å². The van der Waals surface area contributed by atoms with Gasteiger partial charge < -0.3 is 24.2 Å². The largest absolute Gasteiger partial charge is 0.463 e. The minimum atomic E-state index is -0.447. The van der Waals surface area contributed by atoms with Gasteiger partial charge in [0, 0.05) is 26.4 Å². The summed E-state index contributed by atoms with van der Waals surface area (Å²) < 4.78 is 15.1. The first-order valence-electron chi connectivity index (χ1n) is 5.14. The van der Waals surface area contributed by atoms with Crippen molar-refractivity contribution in [3.05, 3.63) is 24.1 Å². The Labute approximate surface area is 97.9 Å². The molecule has 0 aliphatic rings. The van der Waals surface area contributed by atoms with Crippen LogP contribution >= 0.6 is 0 Å². The number of hydrogen-bond donors (Lipinski definition) is 2. The lowest BCUT2D eigenvalue weighted by Gasteiger charge is -2.13. The van der Waals surface area contributed by atoms with Gasteiger partial charge in [0.05, 0.1) is 18.3 Å². The first-order valence-corrected chi connectivity index (χ1v) is 5.14. The van der Waals surface area contributed by atoms with Crippen LogP contribution in [-0.2, 0) is 9.47 Å². The number of carbonyl (C=O) groups excluding carboxylic acids is 1. The van der Waals surface area contributed by atoms with Gasteiger partial charge in [0.2, 0.25) is 0 Å². The van der Waals surface area contributed by atoms with E-state index in [0.29, 0.717) is 11.3 Å². The maximum absolute atomic E-state index is 11.8. The van der Waals surface area contributed by atoms with Crippen molar-refractivity contribution in [3.63, 3.8) is 0 Å². The van der Waals surface area contributed by atoms with E-state index < -0.39 is 6.29 Å². The van der Waals surface area contributed by atoms with Crippen LogP contribution < -0.4 is 5.32 Å². The standard InChI is InChI=1S/C11H14N2O4/c1-15-10(16-2)6-12-11(14)8-5-9-7(13-8)3-4-17-9/h3-5,10,13H,6H2,1-2H3,(H,12,14). The monoisotopic (exact) mass is 238 g/mol. The van der Waals surface area contributed by atoms with Gasteiger partial charge in [-0.3, -0.25) is 4.79 Å². The Morgan fingerprint density at radius 3 is 2.94 bits per heavy atom. The molecule has 2 aromatic rings. The molecular weight excluding hydrogens is 224 g/mol. The number of furan rings is 1. The third kappa shape index (κ3) is 2.48. The van der Waals surface area contributed by atoms with Crippen molar-refractivity contribution in [1.29, 1.82) is 0 Å². The van der Waals surface area contributed by atoms with E-state index in [0.717, 1.165) is 5.52 Å². The molecule has 0 saturated heterocycles. The SMILES string of the molecule is COC(CNC(=O)c1cc2occc2[nH]1)OC. The number of methoxy groups -OCH3 is 2. The quantitative estimate of drug-likeness (QED) is 0.765. The molecule has 2 N–H and O–H groups in total. The second kappa shape index (κ2) is 5.03. The molecule has 0 bridgehead atoms. The number of carbonyl (C=O) groups is 1. The molecule has 6 nitrogen and oxygen atoms in total. The van der Waals surface area contributed by atoms with E-state index in [9.17, 15) is 4.79 Å². The fourth-order valence-corrected chi connectivity index (χ4v) is 1.50. The van der Waals surface area contributed by atoms with Crippen molar-refractivity contribution in [2.45, 2.75) is 6.29 Å². The molecular formula is C11H14N2O4. The van der Waals surface area contributed by atoms with Crippen LogP contribution in [0.25, 0.3) is 11.1 Å². The van der Waals surface area contributed by atoms with E-state index in [1.54, 1.807) is 18.4 Å². The van der Waals surface area contributed by atoms with Gasteiger partial charge >= 0.3 is 0 Å². The van der Waals surface area contributed by atoms with Gasteiger partial charge in [0.25, 0.3) is 5.91 Å². The van der Waals surface area contributed by atoms with Gasteiger partial charge in [-0.15, -0.1) is 0 Å². The van der Waals surface area contributed by atoms with E-state index in [1.165, 1.54) is 14.2 Å². The van der Waals surface area contributed by atoms with Crippen LogP contribution in [0.15, 0.2) is 22.8 Å². The first-order chi connectivity index (χ1) is 8.24. The molecule has 17 heavy (non-hydrogen) atoms. The summed E-state index contributed by atoms with van der Waals surface area (Å²) >= 11 is 0. The van der Waals surface area contributed by atoms with Crippen LogP contribution in [0.3, 0.4) is 0 Å². The lowest BCUT2D eigenvalue weighted by atomic mass is 10.4. The first kappa shape index (κ1) is 11.7. The zero-order valence-corrected chi connectivity index (χ0v) is 9.65. The molecule has 0 fully saturated rings. The molecule has 0 atom stereocenters. The normalized spacial score (nSPS) is 11.2. The highest BCUT2D eigenvalue weighted by Crippen LogP contribution is 2.15. The summed E-state index contributed by atoms with van der Waals surface area (Å²) in [5.41, 5.74) is 1.90. The van der Waals surface area contributed by atoms with Crippen molar-refractivity contribution >= 4 is 17.0 Å². The molecule has 0 unspecified atom stereocenters. The molecule has 0 saturated carbocycles. The topological polar surface area (TPSA) is 76.5 Å². The average molecular weight is 238 g/mol. The Bertz CT molecular complexity index is 470. The minimum Gasteiger partial charge on any atom is -0.463 e. The van der Waals surface area contributed by atoms with E-state index in [2.05, 4.69) is 10.3 Å². The lowest BCUT2D eigenvalue weighted by Crippen LogP contribution is -2.34. The summed E-state index contributed by atoms with van der Waals surface area (Å²) in [7, 11) is 3.03. The van der Waals surface area contributed by atoms with Crippen LogP contribution in [0, 0.1) is 0 Å². The Kier molecular flexibility index (Phi) is 3.46. The van der Waals surface area contributed by atoms with Crippen molar-refractivity contribution in [2.75, 3.05) is 20.8 Å². The van der Waals surface area contributed by atoms with E-state index in [4.69, 9.17) is 13.9 Å². The molecule has 0 aliphatic heterocycles. The molecule has 1 amide bonds. The number of hydrogen-bond acceptors (Lipinski definition) is 4. The summed E-state index contributed by atoms with van der Waals surface area (Å²) in [6.07, 6.45) is 1.12. The predicted octanol–water partition coefficient (Wildman–Crippen LogP) is 1.11. The van der Waals surface area contributed by atoms with Crippen molar-refractivity contribution in [1.82, 2.24) is 10.3 Å². The predicted molar refractivity (Wildman–Crippen MR) is 60.7 cm³/mol. The van der Waals surface area contributed by atoms with Crippen LogP contribution in [-0.4, -0.2) is 37.9 Å². The molecule has 92 valence electrons. The van der Waals surface area contributed by atoms with Crippen LogP contribution in [0.5, 0.6) is 0 Å². The fourth-order valence-electron chi connectivity index (χ4n) is 1.50. The van der Waals surface area contributed by atoms with Crippen LogP contribution in [0.1, 0.15) is 10.5 Å². The molecule has 0 spiro atoms. The molecule has 0 radical (unpaired) electrons. The van der Waals surface area contributed by atoms with Crippen LogP contribution in [0.4, 0.5) is 0 Å². The smallest absolute Gasteiger partial charge is 0.268 e. The van der Waals surface area contributed by atoms with Crippen molar-refractivity contribution < 1.29 is 18.7 Å². The molecule has 2 rings (SSSR count). The minimum absolute atomic E-state index is 0.226. The Balaban J connectivity index is 1.98. The summed E-state index contributed by atoms with van der Waals surface area (Å²) in [6, 6.07) is 3.42. The molecule has 0 aromatic carbocycles. The highest BCUT2D eigenvalue weighted by molar-refractivity contribution is 5.96. The second-order valence-electron chi connectivity index (χ2n) is 3.49. The number of ether oxygens (including phenoxy) is 2. The van der Waals surface area contributed by atoms with Crippen LogP contribution in [0.2, 0.25) is 0 Å². The number of aromatic amines is 1.